The molecule has 1 heterocycles. The van der Waals surface area contributed by atoms with Crippen molar-refractivity contribution in [1.29, 1.82) is 0 Å². The molecule has 0 saturated carbocycles. The van der Waals surface area contributed by atoms with E-state index in [9.17, 15) is 0 Å². The van der Waals surface area contributed by atoms with Gasteiger partial charge in [0.25, 0.3) is 0 Å². The third-order valence-electron chi connectivity index (χ3n) is 4.92. The Morgan fingerprint density at radius 2 is 2.15 bits per heavy atom. The van der Waals surface area contributed by atoms with Gasteiger partial charge in [0.15, 0.2) is 0 Å². The van der Waals surface area contributed by atoms with Crippen molar-refractivity contribution in [2.24, 2.45) is 0 Å². The summed E-state index contributed by atoms with van der Waals surface area (Å²) in [4.78, 5) is 2.55. The topological polar surface area (TPSA) is 12.5 Å². The molecule has 1 unspecified atom stereocenters. The summed E-state index contributed by atoms with van der Waals surface area (Å²) in [6.07, 6.45) is 6.92. The number of fused-ring (bicyclic) bond motifs is 1. The zero-order valence-electron chi connectivity index (χ0n) is 13.1. The standard InChI is InChI=1S/C18H27NO/c1-13(2)20-17-8-9-18-14(6-7-15(18)12-17)11-16-5-4-10-19(16)3/h8-9,12-14,16H,4-7,10-11H2,1-3H3/t14?,16-/m1/s1. The van der Waals surface area contributed by atoms with E-state index in [1.54, 1.807) is 5.56 Å². The number of hydrogen-bond donors (Lipinski definition) is 0. The van der Waals surface area contributed by atoms with Crippen LogP contribution in [0.3, 0.4) is 0 Å². The van der Waals surface area contributed by atoms with Gasteiger partial charge in [-0.25, -0.2) is 0 Å². The Balaban J connectivity index is 1.70. The maximum Gasteiger partial charge on any atom is 0.119 e. The van der Waals surface area contributed by atoms with E-state index in [1.165, 1.54) is 44.2 Å². The lowest BCUT2D eigenvalue weighted by molar-refractivity contribution is 0.242. The number of benzene rings is 1. The van der Waals surface area contributed by atoms with Crippen molar-refractivity contribution in [1.82, 2.24) is 4.90 Å². The molecule has 0 radical (unpaired) electrons. The van der Waals surface area contributed by atoms with E-state index in [1.807, 2.05) is 0 Å². The quantitative estimate of drug-likeness (QED) is 0.822. The van der Waals surface area contributed by atoms with Crippen molar-refractivity contribution in [3.05, 3.63) is 29.3 Å². The third-order valence-corrected chi connectivity index (χ3v) is 4.92. The fraction of sp³-hybridized carbons (Fsp3) is 0.667. The van der Waals surface area contributed by atoms with Gasteiger partial charge < -0.3 is 9.64 Å². The molecule has 2 heteroatoms. The number of nitrogens with zero attached hydrogens (tertiary/aromatic N) is 1. The van der Waals surface area contributed by atoms with Gasteiger partial charge in [-0.1, -0.05) is 6.07 Å². The van der Waals surface area contributed by atoms with E-state index in [0.29, 0.717) is 0 Å². The average molecular weight is 273 g/mol. The lowest BCUT2D eigenvalue weighted by Gasteiger charge is -2.23. The molecule has 0 spiro atoms. The fourth-order valence-electron chi connectivity index (χ4n) is 3.88. The Labute approximate surface area is 123 Å². The molecule has 2 aliphatic rings. The Bertz CT molecular complexity index is 468. The van der Waals surface area contributed by atoms with Crippen LogP contribution in [0.4, 0.5) is 0 Å². The summed E-state index contributed by atoms with van der Waals surface area (Å²) in [7, 11) is 2.28. The Hall–Kier alpha value is -1.02. The molecule has 1 aliphatic heterocycles. The molecule has 20 heavy (non-hydrogen) atoms. The van der Waals surface area contributed by atoms with Crippen LogP contribution in [-0.2, 0) is 6.42 Å². The highest BCUT2D eigenvalue weighted by Gasteiger charge is 2.29. The minimum Gasteiger partial charge on any atom is -0.491 e. The highest BCUT2D eigenvalue weighted by Crippen LogP contribution is 2.39. The number of hydrogen-bond acceptors (Lipinski definition) is 2. The fourth-order valence-corrected chi connectivity index (χ4v) is 3.88. The van der Waals surface area contributed by atoms with Crippen LogP contribution >= 0.6 is 0 Å². The van der Waals surface area contributed by atoms with Gasteiger partial charge in [0, 0.05) is 6.04 Å². The lowest BCUT2D eigenvalue weighted by Crippen LogP contribution is -2.26. The van der Waals surface area contributed by atoms with Gasteiger partial charge >= 0.3 is 0 Å². The van der Waals surface area contributed by atoms with E-state index in [2.05, 4.69) is 44.0 Å². The molecule has 0 amide bonds. The van der Waals surface area contributed by atoms with Gasteiger partial charge in [-0.3, -0.25) is 0 Å². The first kappa shape index (κ1) is 13.9. The number of rotatable bonds is 4. The van der Waals surface area contributed by atoms with Crippen LogP contribution in [0.25, 0.3) is 0 Å². The minimum atomic E-state index is 0.261. The molecule has 2 nitrogen and oxygen atoms in total. The molecule has 1 aliphatic carbocycles. The molecular formula is C18H27NO. The molecule has 0 N–H and O–H groups in total. The predicted molar refractivity (Wildman–Crippen MR) is 83.5 cm³/mol. The Morgan fingerprint density at radius 1 is 1.30 bits per heavy atom. The van der Waals surface area contributed by atoms with Crippen molar-refractivity contribution in [3.8, 4) is 5.75 Å². The van der Waals surface area contributed by atoms with Crippen LogP contribution in [0.15, 0.2) is 18.2 Å². The first-order valence-electron chi connectivity index (χ1n) is 8.13. The Morgan fingerprint density at radius 3 is 2.85 bits per heavy atom. The Kier molecular flexibility index (Phi) is 4.02. The lowest BCUT2D eigenvalue weighted by atomic mass is 9.93. The first-order chi connectivity index (χ1) is 9.63. The second kappa shape index (κ2) is 5.77. The molecular weight excluding hydrogens is 246 g/mol. The summed E-state index contributed by atoms with van der Waals surface area (Å²) in [5.41, 5.74) is 3.11. The monoisotopic (exact) mass is 273 g/mol. The number of likely N-dealkylation sites (tertiary alicyclic amines) is 1. The summed E-state index contributed by atoms with van der Waals surface area (Å²) < 4.78 is 5.82. The van der Waals surface area contributed by atoms with Crippen LogP contribution in [0, 0.1) is 0 Å². The zero-order valence-corrected chi connectivity index (χ0v) is 13.1. The van der Waals surface area contributed by atoms with Crippen molar-refractivity contribution in [2.75, 3.05) is 13.6 Å². The minimum absolute atomic E-state index is 0.261. The normalized spacial score (nSPS) is 26.2. The van der Waals surface area contributed by atoms with E-state index in [4.69, 9.17) is 4.74 Å². The first-order valence-corrected chi connectivity index (χ1v) is 8.13. The smallest absolute Gasteiger partial charge is 0.119 e. The van der Waals surface area contributed by atoms with E-state index in [-0.39, 0.29) is 6.10 Å². The summed E-state index contributed by atoms with van der Waals surface area (Å²) in [5, 5.41) is 0. The molecule has 2 atom stereocenters. The highest BCUT2D eigenvalue weighted by molar-refractivity contribution is 5.41. The van der Waals surface area contributed by atoms with Crippen molar-refractivity contribution >= 4 is 0 Å². The summed E-state index contributed by atoms with van der Waals surface area (Å²) in [5.74, 6) is 1.81. The molecule has 0 aromatic heterocycles. The van der Waals surface area contributed by atoms with Crippen LogP contribution in [0.2, 0.25) is 0 Å². The van der Waals surface area contributed by atoms with Crippen LogP contribution < -0.4 is 4.74 Å². The summed E-state index contributed by atoms with van der Waals surface area (Å²) in [6.45, 7) is 5.46. The molecule has 1 saturated heterocycles. The molecule has 0 bridgehead atoms. The molecule has 1 aromatic rings. The molecule has 1 fully saturated rings. The number of ether oxygens (including phenoxy) is 1. The van der Waals surface area contributed by atoms with Crippen LogP contribution in [0.5, 0.6) is 5.75 Å². The maximum absolute atomic E-state index is 5.82. The van der Waals surface area contributed by atoms with Gasteiger partial charge in [-0.05, 0) is 88.7 Å². The van der Waals surface area contributed by atoms with Crippen LogP contribution in [0.1, 0.15) is 56.6 Å². The second-order valence-electron chi connectivity index (χ2n) is 6.78. The molecule has 110 valence electrons. The summed E-state index contributed by atoms with van der Waals surface area (Å²) >= 11 is 0. The van der Waals surface area contributed by atoms with Gasteiger partial charge in [0.05, 0.1) is 6.10 Å². The van der Waals surface area contributed by atoms with Crippen molar-refractivity contribution in [2.45, 2.75) is 64.0 Å². The van der Waals surface area contributed by atoms with Gasteiger partial charge in [-0.15, -0.1) is 0 Å². The highest BCUT2D eigenvalue weighted by atomic mass is 16.5. The molecule has 3 rings (SSSR count). The third kappa shape index (κ3) is 2.85. The predicted octanol–water partition coefficient (Wildman–Crippen LogP) is 3.99. The van der Waals surface area contributed by atoms with Gasteiger partial charge in [0.2, 0.25) is 0 Å². The second-order valence-corrected chi connectivity index (χ2v) is 6.78. The SMILES string of the molecule is CC(C)Oc1ccc2c(c1)CCC2C[C@H]1CCCN1C. The molecule has 1 aromatic carbocycles. The van der Waals surface area contributed by atoms with Gasteiger partial charge in [0.1, 0.15) is 5.75 Å². The average Bonchev–Trinajstić information content (AvgIpc) is 2.97. The van der Waals surface area contributed by atoms with Crippen LogP contribution in [-0.4, -0.2) is 30.6 Å². The zero-order chi connectivity index (χ0) is 14.1. The van der Waals surface area contributed by atoms with Gasteiger partial charge in [-0.2, -0.15) is 0 Å². The number of aryl methyl sites for hydroxylation is 1. The summed E-state index contributed by atoms with van der Waals surface area (Å²) in [6, 6.07) is 7.56. The van der Waals surface area contributed by atoms with E-state index < -0.39 is 0 Å². The van der Waals surface area contributed by atoms with Crippen molar-refractivity contribution in [3.63, 3.8) is 0 Å². The van der Waals surface area contributed by atoms with E-state index in [0.717, 1.165) is 17.7 Å². The van der Waals surface area contributed by atoms with Crippen molar-refractivity contribution < 1.29 is 4.74 Å². The van der Waals surface area contributed by atoms with E-state index >= 15 is 0 Å². The largest absolute Gasteiger partial charge is 0.491 e. The maximum atomic E-state index is 5.82.